The van der Waals surface area contributed by atoms with Crippen LogP contribution in [-0.2, 0) is 64.9 Å². The number of rotatable bonds is 17. The van der Waals surface area contributed by atoms with E-state index in [2.05, 4.69) is 50.2 Å². The number of nitrogens with zero attached hydrogens (tertiary/aromatic N) is 7. The number of fused-ring (bicyclic) bond motifs is 2. The molecule has 6 aromatic carbocycles. The predicted molar refractivity (Wildman–Crippen MR) is 246 cm³/mol. The number of phenols is 1. The Morgan fingerprint density at radius 2 is 1.15 bits per heavy atom. The minimum absolute atomic E-state index is 0. The van der Waals surface area contributed by atoms with Crippen LogP contribution in [0.5, 0.6) is 5.75 Å². The van der Waals surface area contributed by atoms with Gasteiger partial charge in [0.25, 0.3) is 0 Å². The van der Waals surface area contributed by atoms with E-state index in [0.29, 0.717) is 24.3 Å². The number of aromatic hydroxyl groups is 1. The molecular formula is C37H24ClN10Na5O19S6. The number of azo groups is 2. The quantitative estimate of drug-likeness (QED) is 0.0216. The van der Waals surface area contributed by atoms with Gasteiger partial charge in [0.2, 0.25) is 27.6 Å². The zero-order chi connectivity index (χ0) is 53.6. The third-order valence-corrected chi connectivity index (χ3v) is 15.4. The summed E-state index contributed by atoms with van der Waals surface area (Å²) in [5.41, 5.74) is 1.82. The Morgan fingerprint density at radius 3 is 1.72 bits per heavy atom. The van der Waals surface area contributed by atoms with Crippen molar-refractivity contribution >= 4 is 146 Å². The largest absolute Gasteiger partial charge is 1.00 e. The van der Waals surface area contributed by atoms with Gasteiger partial charge in [-0.15, -0.1) is 15.3 Å². The molecule has 384 valence electrons. The number of hydrogen-bond donors (Lipinski definition) is 4. The molecule has 0 aliphatic heterocycles. The maximum absolute atomic E-state index is 12.6. The van der Waals surface area contributed by atoms with E-state index in [9.17, 15) is 78.4 Å². The van der Waals surface area contributed by atoms with Crippen molar-refractivity contribution in [2.45, 2.75) is 24.5 Å². The fourth-order valence-corrected chi connectivity index (χ4v) is 10.8. The zero-order valence-electron chi connectivity index (χ0n) is 40.4. The number of halogens is 1. The molecule has 7 aromatic rings. The first-order valence-corrected chi connectivity index (χ1v) is 28.1. The Labute approximate surface area is 558 Å². The molecule has 0 spiro atoms. The van der Waals surface area contributed by atoms with E-state index < -0.39 is 155 Å². The average Bonchev–Trinajstić information content (AvgIpc) is 3.26. The molecule has 0 aliphatic rings. The summed E-state index contributed by atoms with van der Waals surface area (Å²) in [5, 5.41) is 30.0. The van der Waals surface area contributed by atoms with Gasteiger partial charge in [0.15, 0.2) is 15.6 Å². The van der Waals surface area contributed by atoms with Crippen molar-refractivity contribution in [1.82, 2.24) is 15.0 Å². The summed E-state index contributed by atoms with van der Waals surface area (Å²) in [7, 11) is -31.2. The van der Waals surface area contributed by atoms with Gasteiger partial charge in [-0.3, -0.25) is 4.18 Å². The minimum atomic E-state index is -5.71. The molecule has 1 aromatic heterocycles. The number of phenolic OH excluding ortho intramolecular Hbond substituents is 1. The number of benzene rings is 6. The smallest absolute Gasteiger partial charge is 0.744 e. The van der Waals surface area contributed by atoms with Crippen molar-refractivity contribution in [3.63, 3.8) is 0 Å². The summed E-state index contributed by atoms with van der Waals surface area (Å²) in [5.74, 6) is -3.44. The standard InChI is InChI=1S/C37H29ClN10O19S6.5Na/c38-35-42-36(40-26-16-24(39)29(70(55,56)57)17-27(26)47-45-20-6-8-21(9-7-20)68(50,51)12-11-67-73(64,65)66)44-37(43-35)41-28-15-22(69(52,53)54)13-19-14-30(71(58,59)60)32(33(49)31(19)28)48-46-25-10-5-18-3-1-2-4-23(18)34(25)72(61,62)63;;;;;/h1-10,13-17,49H,11-12,39H2,(H,52,53,54)(H,55,56,57)(H,58,59,60)(H,61,62,63)(H,64,65,66)(H2,40,41,42,43,44);;;;;/q;5*+1/p-5. The summed E-state index contributed by atoms with van der Waals surface area (Å²) in [4.78, 5) is 7.06. The van der Waals surface area contributed by atoms with E-state index in [1.54, 1.807) is 0 Å². The van der Waals surface area contributed by atoms with Crippen molar-refractivity contribution in [1.29, 1.82) is 0 Å². The molecule has 0 unspecified atom stereocenters. The maximum atomic E-state index is 12.6. The van der Waals surface area contributed by atoms with Gasteiger partial charge in [0, 0.05) is 10.8 Å². The first-order chi connectivity index (χ1) is 33.8. The van der Waals surface area contributed by atoms with Crippen LogP contribution in [-0.4, -0.2) is 106 Å². The van der Waals surface area contributed by atoms with Crippen LogP contribution in [0.1, 0.15) is 0 Å². The van der Waals surface area contributed by atoms with Crippen LogP contribution in [0.3, 0.4) is 0 Å². The van der Waals surface area contributed by atoms with Crippen LogP contribution in [0, 0.1) is 0 Å². The van der Waals surface area contributed by atoms with E-state index in [4.69, 9.17) is 17.3 Å². The SMILES string of the molecule is Nc1cc(Nc2nc(Cl)nc(Nc3cc(S(=O)(=O)[O-])cc4cc(S(=O)(=O)[O-])c(N=Nc5ccc6ccccc6c5S(=O)(=O)[O-])c(O)c34)n2)c(N=Nc2ccc(S(=O)(=O)CCOS(=O)(=O)[O-])cc2)cc1S(=O)(=O)[O-].[Na+].[Na+].[Na+].[Na+].[Na+]. The van der Waals surface area contributed by atoms with E-state index in [0.717, 1.165) is 36.4 Å². The summed E-state index contributed by atoms with van der Waals surface area (Å²) < 4.78 is 210. The number of nitrogen functional groups attached to an aromatic ring is 1. The summed E-state index contributed by atoms with van der Waals surface area (Å²) >= 11 is 6.19. The second-order valence-corrected chi connectivity index (χ2v) is 23.3. The van der Waals surface area contributed by atoms with Gasteiger partial charge in [-0.2, -0.15) is 20.1 Å². The zero-order valence-corrected chi connectivity index (χ0v) is 56.1. The minimum Gasteiger partial charge on any atom is -0.744 e. The molecule has 1 heterocycles. The van der Waals surface area contributed by atoms with Crippen molar-refractivity contribution < 1.29 is 230 Å². The number of sulfone groups is 1. The number of hydrogen-bond acceptors (Lipinski definition) is 29. The Kier molecular flexibility index (Phi) is 25.9. The molecule has 0 bridgehead atoms. The molecule has 29 nitrogen and oxygen atoms in total. The Morgan fingerprint density at radius 1 is 0.577 bits per heavy atom. The molecule has 0 fully saturated rings. The molecule has 0 aliphatic carbocycles. The van der Waals surface area contributed by atoms with Crippen molar-refractivity contribution in [2.75, 3.05) is 28.7 Å². The molecule has 7 rings (SSSR count). The van der Waals surface area contributed by atoms with Crippen molar-refractivity contribution in [3.8, 4) is 5.75 Å². The van der Waals surface area contributed by atoms with Crippen LogP contribution in [0.4, 0.5) is 51.7 Å². The molecule has 5 N–H and O–H groups in total. The van der Waals surface area contributed by atoms with Crippen molar-refractivity contribution in [2.24, 2.45) is 20.5 Å². The van der Waals surface area contributed by atoms with Gasteiger partial charge in [0.1, 0.15) is 57.5 Å². The van der Waals surface area contributed by atoms with Crippen LogP contribution in [0.15, 0.2) is 136 Å². The molecule has 0 saturated carbocycles. The van der Waals surface area contributed by atoms with Crippen LogP contribution >= 0.6 is 11.6 Å². The van der Waals surface area contributed by atoms with Crippen LogP contribution < -0.4 is 164 Å². The third kappa shape index (κ3) is 18.0. The third-order valence-electron chi connectivity index (χ3n) is 9.60. The molecule has 0 atom stereocenters. The molecule has 78 heavy (non-hydrogen) atoms. The number of nitrogens with one attached hydrogen (secondary N) is 2. The van der Waals surface area contributed by atoms with E-state index in [-0.39, 0.29) is 175 Å². The van der Waals surface area contributed by atoms with Gasteiger partial charge in [-0.05, 0) is 83.0 Å². The Bertz CT molecular complexity index is 4240. The van der Waals surface area contributed by atoms with Crippen LogP contribution in [0.25, 0.3) is 21.5 Å². The summed E-state index contributed by atoms with van der Waals surface area (Å²) in [6, 6.07) is 15.4. The number of nitrogens with two attached hydrogens (primary N) is 1. The van der Waals surface area contributed by atoms with Gasteiger partial charge in [-0.25, -0.2) is 50.5 Å². The first-order valence-electron chi connectivity index (χ1n) is 19.1. The molecule has 0 saturated heterocycles. The summed E-state index contributed by atoms with van der Waals surface area (Å²) in [6.45, 7) is -0.984. The van der Waals surface area contributed by atoms with Gasteiger partial charge in [0.05, 0.1) is 59.6 Å². The fourth-order valence-electron chi connectivity index (χ4n) is 6.55. The van der Waals surface area contributed by atoms with Gasteiger partial charge < -0.3 is 44.2 Å². The molecule has 0 radical (unpaired) electrons. The topological polar surface area (TPSA) is 488 Å². The van der Waals surface area contributed by atoms with Gasteiger partial charge >= 0.3 is 148 Å². The second-order valence-electron chi connectivity index (χ2n) is 14.4. The normalized spacial score (nSPS) is 12.2. The number of aromatic nitrogens is 3. The number of anilines is 5. The average molecular weight is 1260 g/mol. The maximum Gasteiger partial charge on any atom is 1.00 e. The Hall–Kier alpha value is -2.00. The fraction of sp³-hybridized carbons (Fsp3) is 0.0541. The van der Waals surface area contributed by atoms with Crippen LogP contribution in [0.2, 0.25) is 5.28 Å². The van der Waals surface area contributed by atoms with Crippen molar-refractivity contribution in [3.05, 3.63) is 96.3 Å². The molecule has 0 amide bonds. The Balaban J connectivity index is 0.00000416. The van der Waals surface area contributed by atoms with E-state index in [1.807, 2.05) is 0 Å². The van der Waals surface area contributed by atoms with Gasteiger partial charge in [-0.1, -0.05) is 30.3 Å². The monoisotopic (exact) mass is 1250 g/mol. The molecular weight excluding hydrogens is 1230 g/mol. The second kappa shape index (κ2) is 28.1. The summed E-state index contributed by atoms with van der Waals surface area (Å²) in [6.07, 6.45) is 0. The first kappa shape index (κ1) is 72.1. The van der Waals surface area contributed by atoms with E-state index in [1.165, 1.54) is 30.3 Å². The van der Waals surface area contributed by atoms with E-state index >= 15 is 0 Å². The molecule has 41 heteroatoms. The predicted octanol–water partition coefficient (Wildman–Crippen LogP) is -10.7.